The van der Waals surface area contributed by atoms with E-state index in [4.69, 9.17) is 5.11 Å². The lowest BCUT2D eigenvalue weighted by Gasteiger charge is -2.25. The number of aliphatic carboxylic acids is 1. The molecule has 2 heterocycles. The fourth-order valence-corrected chi connectivity index (χ4v) is 1.88. The molecule has 17 heavy (non-hydrogen) atoms. The van der Waals surface area contributed by atoms with Crippen LogP contribution < -0.4 is 4.48 Å². The van der Waals surface area contributed by atoms with E-state index in [0.29, 0.717) is 5.69 Å². The molecule has 1 aromatic rings. The summed E-state index contributed by atoms with van der Waals surface area (Å²) in [5.41, 5.74) is 0.335. The van der Waals surface area contributed by atoms with E-state index in [2.05, 4.69) is 4.98 Å². The maximum atomic E-state index is 11.9. The van der Waals surface area contributed by atoms with Gasteiger partial charge >= 0.3 is 11.9 Å². The fourth-order valence-electron chi connectivity index (χ4n) is 1.88. The molecule has 0 bridgehead atoms. The Bertz CT molecular complexity index is 524. The Hall–Kier alpha value is -2.21. The van der Waals surface area contributed by atoms with E-state index >= 15 is 0 Å². The van der Waals surface area contributed by atoms with Gasteiger partial charge in [-0.2, -0.15) is 0 Å². The molecule has 0 fully saturated rings. The van der Waals surface area contributed by atoms with Crippen molar-refractivity contribution < 1.29 is 19.8 Å². The first-order valence-corrected chi connectivity index (χ1v) is 4.93. The van der Waals surface area contributed by atoms with E-state index < -0.39 is 17.6 Å². The molecule has 0 radical (unpaired) electrons. The number of amides is 1. The predicted octanol–water partition coefficient (Wildman–Crippen LogP) is 0.456. The van der Waals surface area contributed by atoms with Gasteiger partial charge in [0.2, 0.25) is 5.76 Å². The van der Waals surface area contributed by atoms with Gasteiger partial charge in [0.25, 0.3) is 0 Å². The minimum atomic E-state index is -1.27. The standard InChI is InChI=1S/C11H10N2O4/c1-13(7-2-4-12-5-3-7)6-8(11(16)17)9(14)10(13)15/h2-5H,6H2,1H3,(H-,14,16,17)/p+1. The van der Waals surface area contributed by atoms with Crippen LogP contribution in [0.1, 0.15) is 0 Å². The zero-order valence-electron chi connectivity index (χ0n) is 9.12. The maximum Gasteiger partial charge on any atom is 0.386 e. The summed E-state index contributed by atoms with van der Waals surface area (Å²) in [4.78, 5) is 26.6. The highest BCUT2D eigenvalue weighted by Gasteiger charge is 2.48. The summed E-state index contributed by atoms with van der Waals surface area (Å²) in [5.74, 6) is -2.56. The molecule has 1 aromatic heterocycles. The lowest BCUT2D eigenvalue weighted by Crippen LogP contribution is -2.48. The molecule has 0 aliphatic carbocycles. The Morgan fingerprint density at radius 2 is 2.00 bits per heavy atom. The van der Waals surface area contributed by atoms with Crippen LogP contribution in [-0.4, -0.2) is 40.7 Å². The number of hydrogen-bond donors (Lipinski definition) is 2. The van der Waals surface area contributed by atoms with Crippen molar-refractivity contribution in [3.05, 3.63) is 35.9 Å². The SMILES string of the molecule is C[N+]1(c2ccncc2)CC(C(=O)O)=C(O)C1=O. The first-order chi connectivity index (χ1) is 7.97. The van der Waals surface area contributed by atoms with Crippen molar-refractivity contribution in [1.82, 2.24) is 9.47 Å². The maximum absolute atomic E-state index is 11.9. The highest BCUT2D eigenvalue weighted by molar-refractivity contribution is 6.09. The van der Waals surface area contributed by atoms with E-state index in [1.165, 1.54) is 12.4 Å². The molecule has 2 rings (SSSR count). The first kappa shape index (κ1) is 11.3. The predicted molar refractivity (Wildman–Crippen MR) is 59.1 cm³/mol. The molecule has 0 aromatic carbocycles. The number of carboxylic acid groups (broad SMARTS) is 1. The van der Waals surface area contributed by atoms with Crippen molar-refractivity contribution >= 4 is 17.6 Å². The molecule has 1 aliphatic heterocycles. The average molecular weight is 235 g/mol. The topological polar surface area (TPSA) is 87.5 Å². The smallest absolute Gasteiger partial charge is 0.386 e. The Morgan fingerprint density at radius 1 is 1.41 bits per heavy atom. The van der Waals surface area contributed by atoms with Gasteiger partial charge in [0, 0.05) is 24.5 Å². The Kier molecular flexibility index (Phi) is 2.44. The van der Waals surface area contributed by atoms with Crippen molar-refractivity contribution in [3.63, 3.8) is 0 Å². The Labute approximate surface area is 97.0 Å². The molecular formula is C11H11N2O4+. The number of nitrogens with zero attached hydrogens (tertiary/aromatic N) is 2. The number of carboxylic acids is 1. The van der Waals surface area contributed by atoms with Crippen molar-refractivity contribution in [3.8, 4) is 0 Å². The van der Waals surface area contributed by atoms with Crippen LogP contribution in [0.25, 0.3) is 0 Å². The molecular weight excluding hydrogens is 224 g/mol. The van der Waals surface area contributed by atoms with Crippen molar-refractivity contribution in [2.24, 2.45) is 0 Å². The van der Waals surface area contributed by atoms with Crippen molar-refractivity contribution in [2.45, 2.75) is 0 Å². The number of carbonyl (C=O) groups excluding carboxylic acids is 1. The van der Waals surface area contributed by atoms with Crippen LogP contribution in [0.15, 0.2) is 35.9 Å². The van der Waals surface area contributed by atoms with Crippen LogP contribution >= 0.6 is 0 Å². The zero-order chi connectivity index (χ0) is 12.6. The molecule has 1 atom stereocenters. The summed E-state index contributed by atoms with van der Waals surface area (Å²) in [6, 6.07) is 3.24. The van der Waals surface area contributed by atoms with E-state index in [1.54, 1.807) is 19.2 Å². The number of carbonyl (C=O) groups is 2. The van der Waals surface area contributed by atoms with Crippen LogP contribution in [0.5, 0.6) is 0 Å². The summed E-state index contributed by atoms with van der Waals surface area (Å²) in [7, 11) is 1.56. The number of hydrogen-bond acceptors (Lipinski definition) is 4. The molecule has 1 amide bonds. The number of pyridine rings is 1. The number of aromatic nitrogens is 1. The fraction of sp³-hybridized carbons (Fsp3) is 0.182. The third-order valence-corrected chi connectivity index (χ3v) is 2.90. The van der Waals surface area contributed by atoms with Crippen molar-refractivity contribution in [2.75, 3.05) is 13.6 Å². The number of likely N-dealkylation sites (N-methyl/N-ethyl adjacent to an activating group) is 1. The van der Waals surface area contributed by atoms with E-state index in [0.717, 1.165) is 0 Å². The summed E-state index contributed by atoms with van der Waals surface area (Å²) < 4.78 is -0.282. The summed E-state index contributed by atoms with van der Waals surface area (Å²) >= 11 is 0. The third kappa shape index (κ3) is 1.58. The summed E-state index contributed by atoms with van der Waals surface area (Å²) in [6.45, 7) is -0.0655. The van der Waals surface area contributed by atoms with Crippen LogP contribution in [0.3, 0.4) is 0 Å². The van der Waals surface area contributed by atoms with Crippen molar-refractivity contribution in [1.29, 1.82) is 0 Å². The van der Waals surface area contributed by atoms with Gasteiger partial charge in [-0.25, -0.2) is 14.1 Å². The molecule has 88 valence electrons. The monoisotopic (exact) mass is 235 g/mol. The molecule has 6 heteroatoms. The van der Waals surface area contributed by atoms with Gasteiger partial charge in [-0.1, -0.05) is 0 Å². The van der Waals surface area contributed by atoms with Gasteiger partial charge in [-0.05, 0) is 0 Å². The average Bonchev–Trinajstić information content (AvgIpc) is 2.56. The molecule has 2 N–H and O–H groups in total. The molecule has 0 saturated carbocycles. The van der Waals surface area contributed by atoms with Crippen LogP contribution in [0.2, 0.25) is 0 Å². The van der Waals surface area contributed by atoms with E-state index in [9.17, 15) is 14.7 Å². The summed E-state index contributed by atoms with van der Waals surface area (Å²) in [6.07, 6.45) is 3.03. The molecule has 1 unspecified atom stereocenters. The Balaban J connectivity index is 2.46. The largest absolute Gasteiger partial charge is 0.500 e. The second-order valence-corrected chi connectivity index (χ2v) is 3.99. The second-order valence-electron chi connectivity index (χ2n) is 3.99. The number of quaternary nitrogens is 1. The minimum Gasteiger partial charge on any atom is -0.500 e. The molecule has 6 nitrogen and oxygen atoms in total. The van der Waals surface area contributed by atoms with Gasteiger partial charge in [-0.3, -0.25) is 4.98 Å². The molecule has 0 spiro atoms. The van der Waals surface area contributed by atoms with Gasteiger partial charge in [0.05, 0.1) is 7.05 Å². The zero-order valence-corrected chi connectivity index (χ0v) is 9.12. The summed E-state index contributed by atoms with van der Waals surface area (Å²) in [5, 5.41) is 18.4. The lowest BCUT2D eigenvalue weighted by atomic mass is 10.2. The van der Waals surface area contributed by atoms with E-state index in [-0.39, 0.29) is 16.6 Å². The van der Waals surface area contributed by atoms with Gasteiger partial charge < -0.3 is 10.2 Å². The third-order valence-electron chi connectivity index (χ3n) is 2.90. The minimum absolute atomic E-state index is 0.0655. The number of aliphatic hydroxyl groups excluding tert-OH is 1. The normalized spacial score (nSPS) is 24.2. The molecule has 0 saturated heterocycles. The van der Waals surface area contributed by atoms with Gasteiger partial charge in [-0.15, -0.1) is 0 Å². The molecule has 1 aliphatic rings. The van der Waals surface area contributed by atoms with E-state index in [1.807, 2.05) is 0 Å². The highest BCUT2D eigenvalue weighted by atomic mass is 16.4. The number of rotatable bonds is 2. The van der Waals surface area contributed by atoms with Gasteiger partial charge in [0.15, 0.2) is 0 Å². The number of aliphatic hydroxyl groups is 1. The van der Waals surface area contributed by atoms with Crippen LogP contribution in [0, 0.1) is 0 Å². The lowest BCUT2D eigenvalue weighted by molar-refractivity contribution is -0.133. The quantitative estimate of drug-likeness (QED) is 0.727. The first-order valence-electron chi connectivity index (χ1n) is 4.93. The van der Waals surface area contributed by atoms with Crippen LogP contribution in [-0.2, 0) is 9.59 Å². The Morgan fingerprint density at radius 3 is 2.47 bits per heavy atom. The second kappa shape index (κ2) is 3.67. The van der Waals surface area contributed by atoms with Crippen LogP contribution in [0.4, 0.5) is 5.69 Å². The van der Waals surface area contributed by atoms with Gasteiger partial charge in [0.1, 0.15) is 17.8 Å². The highest BCUT2D eigenvalue weighted by Crippen LogP contribution is 2.30.